The van der Waals surface area contributed by atoms with Crippen LogP contribution in [0.3, 0.4) is 0 Å². The van der Waals surface area contributed by atoms with Gasteiger partial charge in [0.1, 0.15) is 5.75 Å². The molecule has 1 aliphatic heterocycles. The van der Waals surface area contributed by atoms with Crippen molar-refractivity contribution in [3.05, 3.63) is 58.5 Å². The lowest BCUT2D eigenvalue weighted by Crippen LogP contribution is -2.31. The molecule has 3 N–H and O–H groups in total. The number of Topliss-reactive ketones (excluding diaryl/α,β-unsaturated/α-hetero) is 1. The fourth-order valence-electron chi connectivity index (χ4n) is 3.77. The van der Waals surface area contributed by atoms with Gasteiger partial charge >= 0.3 is 0 Å². The SMILES string of the molecule is CC1(C)CC(=O)C2=C(C1)Nc1cnccc1NC2c1ccc(O)cc1Cl. The third kappa shape index (κ3) is 2.92. The first-order valence-corrected chi connectivity index (χ1v) is 8.94. The minimum Gasteiger partial charge on any atom is -0.508 e. The maximum Gasteiger partial charge on any atom is 0.163 e. The van der Waals surface area contributed by atoms with Crippen LogP contribution >= 0.6 is 11.6 Å². The van der Waals surface area contributed by atoms with Gasteiger partial charge in [0.25, 0.3) is 0 Å². The molecule has 0 saturated heterocycles. The number of hydrogen-bond acceptors (Lipinski definition) is 5. The lowest BCUT2D eigenvalue weighted by atomic mass is 9.73. The average molecular weight is 370 g/mol. The number of nitrogens with zero attached hydrogens (tertiary/aromatic N) is 1. The second-order valence-electron chi connectivity index (χ2n) is 7.66. The van der Waals surface area contributed by atoms with Crippen LogP contribution in [0.4, 0.5) is 11.4 Å². The van der Waals surface area contributed by atoms with Crippen molar-refractivity contribution in [1.82, 2.24) is 4.98 Å². The Labute approximate surface area is 157 Å². The maximum atomic E-state index is 13.1. The zero-order valence-corrected chi connectivity index (χ0v) is 15.4. The van der Waals surface area contributed by atoms with Crippen LogP contribution in [0.15, 0.2) is 47.9 Å². The fourth-order valence-corrected chi connectivity index (χ4v) is 4.06. The number of carbonyl (C=O) groups excluding carboxylic acids is 1. The number of carbonyl (C=O) groups is 1. The van der Waals surface area contributed by atoms with Crippen LogP contribution in [0, 0.1) is 5.41 Å². The second-order valence-corrected chi connectivity index (χ2v) is 8.07. The monoisotopic (exact) mass is 369 g/mol. The van der Waals surface area contributed by atoms with Gasteiger partial charge in [0.15, 0.2) is 5.78 Å². The van der Waals surface area contributed by atoms with Crippen LogP contribution in [0.25, 0.3) is 0 Å². The molecular formula is C20H20ClN3O2. The van der Waals surface area contributed by atoms with E-state index in [2.05, 4.69) is 29.5 Å². The number of phenolic OH excluding ortho intramolecular Hbond substituents is 1. The molecule has 1 aromatic carbocycles. The third-order valence-electron chi connectivity index (χ3n) is 4.91. The smallest absolute Gasteiger partial charge is 0.163 e. The molecule has 26 heavy (non-hydrogen) atoms. The summed E-state index contributed by atoms with van der Waals surface area (Å²) < 4.78 is 0. The lowest BCUT2D eigenvalue weighted by molar-refractivity contribution is -0.118. The Kier molecular flexibility index (Phi) is 3.92. The Morgan fingerprint density at radius 2 is 2.04 bits per heavy atom. The minimum atomic E-state index is -0.391. The zero-order valence-electron chi connectivity index (χ0n) is 14.6. The number of pyridine rings is 1. The van der Waals surface area contributed by atoms with Crippen LogP contribution in [0.2, 0.25) is 5.02 Å². The first-order valence-electron chi connectivity index (χ1n) is 8.56. The number of benzene rings is 1. The molecule has 0 saturated carbocycles. The van der Waals surface area contributed by atoms with Gasteiger partial charge in [-0.2, -0.15) is 0 Å². The van der Waals surface area contributed by atoms with E-state index in [1.54, 1.807) is 24.5 Å². The molecule has 0 amide bonds. The summed E-state index contributed by atoms with van der Waals surface area (Å²) in [5, 5.41) is 17.0. The Balaban J connectivity index is 1.91. The number of hydrogen-bond donors (Lipinski definition) is 3. The van der Waals surface area contributed by atoms with Crippen LogP contribution in [0.1, 0.15) is 38.3 Å². The molecule has 6 heteroatoms. The molecule has 4 rings (SSSR count). The first kappa shape index (κ1) is 16.9. The molecule has 0 fully saturated rings. The van der Waals surface area contributed by atoms with Gasteiger partial charge in [-0.05, 0) is 35.6 Å². The van der Waals surface area contributed by atoms with Crippen molar-refractivity contribution < 1.29 is 9.90 Å². The van der Waals surface area contributed by atoms with E-state index in [-0.39, 0.29) is 16.9 Å². The second kappa shape index (κ2) is 6.02. The molecular weight excluding hydrogens is 350 g/mol. The van der Waals surface area contributed by atoms with Crippen molar-refractivity contribution in [3.8, 4) is 5.75 Å². The molecule has 2 aliphatic rings. The number of nitrogens with one attached hydrogen (secondary N) is 2. The highest BCUT2D eigenvalue weighted by Gasteiger charge is 2.39. The average Bonchev–Trinajstić information content (AvgIpc) is 2.69. The van der Waals surface area contributed by atoms with E-state index >= 15 is 0 Å². The van der Waals surface area contributed by atoms with Crippen molar-refractivity contribution >= 4 is 28.8 Å². The van der Waals surface area contributed by atoms with E-state index < -0.39 is 6.04 Å². The highest BCUT2D eigenvalue weighted by molar-refractivity contribution is 6.31. The molecule has 0 bridgehead atoms. The number of phenols is 1. The summed E-state index contributed by atoms with van der Waals surface area (Å²) in [6.45, 7) is 4.20. The molecule has 1 aliphatic carbocycles. The number of aromatic nitrogens is 1. The van der Waals surface area contributed by atoms with Crippen molar-refractivity contribution in [2.75, 3.05) is 10.6 Å². The van der Waals surface area contributed by atoms with Gasteiger partial charge in [0.05, 0.1) is 23.6 Å². The molecule has 0 radical (unpaired) electrons. The van der Waals surface area contributed by atoms with Crippen LogP contribution in [-0.2, 0) is 4.79 Å². The van der Waals surface area contributed by atoms with E-state index in [4.69, 9.17) is 11.6 Å². The number of ketones is 1. The number of allylic oxidation sites excluding steroid dienone is 1. The predicted molar refractivity (Wildman–Crippen MR) is 102 cm³/mol. The normalized spacial score (nSPS) is 21.2. The van der Waals surface area contributed by atoms with Gasteiger partial charge < -0.3 is 15.7 Å². The summed E-state index contributed by atoms with van der Waals surface area (Å²) in [5.41, 5.74) is 3.94. The number of fused-ring (bicyclic) bond motifs is 1. The zero-order chi connectivity index (χ0) is 18.5. The quantitative estimate of drug-likeness (QED) is 0.681. The highest BCUT2D eigenvalue weighted by atomic mass is 35.5. The topological polar surface area (TPSA) is 74.2 Å². The van der Waals surface area contributed by atoms with Crippen molar-refractivity contribution in [2.24, 2.45) is 5.41 Å². The van der Waals surface area contributed by atoms with Crippen molar-refractivity contribution in [2.45, 2.75) is 32.7 Å². The van der Waals surface area contributed by atoms with Gasteiger partial charge in [0, 0.05) is 28.9 Å². The van der Waals surface area contributed by atoms with Gasteiger partial charge in [-0.3, -0.25) is 9.78 Å². The Morgan fingerprint density at radius 3 is 2.81 bits per heavy atom. The van der Waals surface area contributed by atoms with Crippen molar-refractivity contribution in [1.29, 1.82) is 0 Å². The molecule has 1 atom stereocenters. The summed E-state index contributed by atoms with van der Waals surface area (Å²) in [7, 11) is 0. The largest absolute Gasteiger partial charge is 0.508 e. The standard InChI is InChI=1S/C20H20ClN3O2/c1-20(2)8-15-18(17(26)9-20)19(12-4-3-11(25)7-13(12)21)24-14-5-6-22-10-16(14)23-15/h3-7,10,19,23-25H,8-9H2,1-2H3. The molecule has 0 spiro atoms. The minimum absolute atomic E-state index is 0.0976. The van der Waals surface area contributed by atoms with E-state index in [0.29, 0.717) is 17.0 Å². The van der Waals surface area contributed by atoms with E-state index in [0.717, 1.165) is 29.1 Å². The van der Waals surface area contributed by atoms with Crippen LogP contribution in [-0.4, -0.2) is 15.9 Å². The van der Waals surface area contributed by atoms with E-state index in [1.165, 1.54) is 6.07 Å². The van der Waals surface area contributed by atoms with Crippen LogP contribution in [0.5, 0.6) is 5.75 Å². The summed E-state index contributed by atoms with van der Waals surface area (Å²) in [5.74, 6) is 0.201. The van der Waals surface area contributed by atoms with Gasteiger partial charge in [0.2, 0.25) is 0 Å². The Bertz CT molecular complexity index is 936. The van der Waals surface area contributed by atoms with E-state index in [1.807, 2.05) is 6.07 Å². The summed E-state index contributed by atoms with van der Waals surface area (Å²) in [4.78, 5) is 17.3. The van der Waals surface area contributed by atoms with Gasteiger partial charge in [-0.1, -0.05) is 31.5 Å². The maximum absolute atomic E-state index is 13.1. The van der Waals surface area contributed by atoms with Crippen LogP contribution < -0.4 is 10.6 Å². The molecule has 134 valence electrons. The van der Waals surface area contributed by atoms with Gasteiger partial charge in [-0.25, -0.2) is 0 Å². The molecule has 1 aromatic heterocycles. The molecule has 2 aromatic rings. The Hall–Kier alpha value is -2.53. The third-order valence-corrected chi connectivity index (χ3v) is 5.24. The molecule has 2 heterocycles. The molecule has 5 nitrogen and oxygen atoms in total. The number of halogens is 1. The Morgan fingerprint density at radius 1 is 1.23 bits per heavy atom. The number of rotatable bonds is 1. The number of aromatic hydroxyl groups is 1. The molecule has 1 unspecified atom stereocenters. The summed E-state index contributed by atoms with van der Waals surface area (Å²) in [6.07, 6.45) is 4.70. The first-order chi connectivity index (χ1) is 12.3. The van der Waals surface area contributed by atoms with Gasteiger partial charge in [-0.15, -0.1) is 0 Å². The predicted octanol–water partition coefficient (Wildman–Crippen LogP) is 4.66. The number of anilines is 2. The lowest BCUT2D eigenvalue weighted by Gasteiger charge is -2.34. The summed E-state index contributed by atoms with van der Waals surface area (Å²) >= 11 is 6.41. The van der Waals surface area contributed by atoms with E-state index in [9.17, 15) is 9.90 Å². The fraction of sp³-hybridized carbons (Fsp3) is 0.300. The summed E-state index contributed by atoms with van der Waals surface area (Å²) in [6, 6.07) is 6.34. The van der Waals surface area contributed by atoms with Crippen molar-refractivity contribution in [3.63, 3.8) is 0 Å². The highest BCUT2D eigenvalue weighted by Crippen LogP contribution is 2.46.